The Labute approximate surface area is 142 Å². The van der Waals surface area contributed by atoms with Crippen LogP contribution in [0.3, 0.4) is 0 Å². The van der Waals surface area contributed by atoms with E-state index < -0.39 is 5.97 Å². The van der Waals surface area contributed by atoms with E-state index in [4.69, 9.17) is 5.11 Å². The Kier molecular flexibility index (Phi) is 7.61. The molecule has 0 spiro atoms. The third-order valence-electron chi connectivity index (χ3n) is 4.57. The molecule has 0 amide bonds. The molecule has 4 heteroatoms. The van der Waals surface area contributed by atoms with Crippen LogP contribution in [0.15, 0.2) is 47.7 Å². The summed E-state index contributed by atoms with van der Waals surface area (Å²) in [5.41, 5.74) is 2.34. The molecule has 126 valence electrons. The van der Waals surface area contributed by atoms with Gasteiger partial charge in [0, 0.05) is 24.9 Å². The Bertz CT molecular complexity index is 513. The van der Waals surface area contributed by atoms with Crippen LogP contribution in [0.25, 0.3) is 0 Å². The van der Waals surface area contributed by atoms with Gasteiger partial charge in [0.15, 0.2) is 0 Å². The zero-order valence-corrected chi connectivity index (χ0v) is 14.9. The highest BCUT2D eigenvalue weighted by Gasteiger charge is 2.18. The minimum atomic E-state index is -0.889. The van der Waals surface area contributed by atoms with Crippen LogP contribution in [0.1, 0.15) is 38.5 Å². The van der Waals surface area contributed by atoms with Gasteiger partial charge in [-0.15, -0.1) is 9.24 Å². The van der Waals surface area contributed by atoms with Gasteiger partial charge in [0.25, 0.3) is 0 Å². The molecule has 2 aliphatic rings. The van der Waals surface area contributed by atoms with E-state index in [9.17, 15) is 4.79 Å². The normalized spacial score (nSPS) is 26.6. The van der Waals surface area contributed by atoms with Crippen LogP contribution >= 0.6 is 9.24 Å². The predicted octanol–water partition coefficient (Wildman–Crippen LogP) is 4.15. The number of rotatable bonds is 5. The molecule has 1 unspecified atom stereocenters. The van der Waals surface area contributed by atoms with Crippen molar-refractivity contribution in [2.24, 2.45) is 5.92 Å². The summed E-state index contributed by atoms with van der Waals surface area (Å²) in [5.74, 6) is -0.159. The molecule has 0 aromatic heterocycles. The first-order chi connectivity index (χ1) is 11.2. The van der Waals surface area contributed by atoms with Gasteiger partial charge in [-0.2, -0.15) is 0 Å². The third-order valence-corrected chi connectivity index (χ3v) is 5.04. The van der Waals surface area contributed by atoms with E-state index in [1.54, 1.807) is 6.08 Å². The molecule has 0 radical (unpaired) electrons. The molecule has 23 heavy (non-hydrogen) atoms. The summed E-state index contributed by atoms with van der Waals surface area (Å²) in [6.07, 6.45) is 20.2. The molecule has 0 aromatic rings. The van der Waals surface area contributed by atoms with E-state index in [0.29, 0.717) is 0 Å². The van der Waals surface area contributed by atoms with Crippen LogP contribution in [0.5, 0.6) is 0 Å². The summed E-state index contributed by atoms with van der Waals surface area (Å²) in [6, 6.07) is 0. The van der Waals surface area contributed by atoms with Crippen molar-refractivity contribution in [1.82, 2.24) is 4.90 Å². The van der Waals surface area contributed by atoms with Crippen molar-refractivity contribution in [2.45, 2.75) is 38.5 Å². The molecular formula is C19H28NO2P. The second kappa shape index (κ2) is 9.72. The van der Waals surface area contributed by atoms with Gasteiger partial charge in [-0.05, 0) is 43.0 Å². The van der Waals surface area contributed by atoms with Crippen molar-refractivity contribution in [1.29, 1.82) is 0 Å². The molecular weight excluding hydrogens is 305 g/mol. The van der Waals surface area contributed by atoms with Gasteiger partial charge in [0.1, 0.15) is 0 Å². The Morgan fingerprint density at radius 3 is 2.78 bits per heavy atom. The minimum absolute atomic E-state index is 0.730. The molecule has 1 heterocycles. The summed E-state index contributed by atoms with van der Waals surface area (Å²) >= 11 is 0. The van der Waals surface area contributed by atoms with Crippen molar-refractivity contribution < 1.29 is 9.90 Å². The maximum atomic E-state index is 10.9. The first-order valence-electron chi connectivity index (χ1n) is 8.61. The monoisotopic (exact) mass is 333 g/mol. The minimum Gasteiger partial charge on any atom is -0.478 e. The first-order valence-corrected chi connectivity index (χ1v) is 9.42. The van der Waals surface area contributed by atoms with Gasteiger partial charge < -0.3 is 10.0 Å². The molecule has 1 atom stereocenters. The second-order valence-corrected chi connectivity index (χ2v) is 6.74. The van der Waals surface area contributed by atoms with Gasteiger partial charge in [0.05, 0.1) is 0 Å². The highest BCUT2D eigenvalue weighted by molar-refractivity contribution is 7.16. The Morgan fingerprint density at radius 2 is 2.09 bits per heavy atom. The van der Waals surface area contributed by atoms with E-state index in [2.05, 4.69) is 38.4 Å². The molecule has 1 fully saturated rings. The molecule has 3 nitrogen and oxygen atoms in total. The predicted molar refractivity (Wildman–Crippen MR) is 99.4 cm³/mol. The fourth-order valence-corrected chi connectivity index (χ4v) is 3.61. The van der Waals surface area contributed by atoms with Crippen molar-refractivity contribution in [3.63, 3.8) is 0 Å². The quantitative estimate of drug-likeness (QED) is 0.607. The van der Waals surface area contributed by atoms with Gasteiger partial charge in [-0.3, -0.25) is 0 Å². The van der Waals surface area contributed by atoms with Gasteiger partial charge >= 0.3 is 5.97 Å². The fraction of sp³-hybridized carbons (Fsp3) is 0.526. The number of carbonyl (C=O) groups is 1. The lowest BCUT2D eigenvalue weighted by Gasteiger charge is -2.31. The maximum Gasteiger partial charge on any atom is 0.328 e. The summed E-state index contributed by atoms with van der Waals surface area (Å²) in [4.78, 5) is 13.2. The van der Waals surface area contributed by atoms with Crippen LogP contribution in [-0.2, 0) is 4.79 Å². The SMILES string of the molecule is O=C(O)/C=C/C1=C/C/C=C(CP)\C=C/CN1CC1CCCCC1. The molecule has 0 bridgehead atoms. The average Bonchev–Trinajstić information content (AvgIpc) is 2.64. The highest BCUT2D eigenvalue weighted by Crippen LogP contribution is 2.26. The third kappa shape index (κ3) is 6.35. The Balaban J connectivity index is 2.15. The first kappa shape index (κ1) is 18.0. The molecule has 1 aliphatic carbocycles. The standard InChI is InChI=1S/C19H28NO2P/c21-19(22)12-11-18-10-4-8-17(15-23)9-5-13-20(18)14-16-6-2-1-3-7-16/h5,8-12,16H,1-4,6-7,13-15,23H2,(H,21,22)/b9-5-,12-11+,17-8+,18-10-. The van der Waals surface area contributed by atoms with E-state index in [0.717, 1.165) is 37.3 Å². The summed E-state index contributed by atoms with van der Waals surface area (Å²) in [6.45, 7) is 1.87. The molecule has 0 saturated heterocycles. The lowest BCUT2D eigenvalue weighted by molar-refractivity contribution is -0.131. The van der Waals surface area contributed by atoms with Gasteiger partial charge in [-0.1, -0.05) is 43.6 Å². The zero-order valence-electron chi connectivity index (χ0n) is 13.8. The number of hydrogen-bond donors (Lipinski definition) is 1. The molecule has 1 aliphatic heterocycles. The van der Waals surface area contributed by atoms with Gasteiger partial charge in [-0.25, -0.2) is 4.79 Å². The lowest BCUT2D eigenvalue weighted by Crippen LogP contribution is -2.30. The van der Waals surface area contributed by atoms with Crippen molar-refractivity contribution in [3.8, 4) is 0 Å². The number of carboxylic acid groups (broad SMARTS) is 1. The van der Waals surface area contributed by atoms with Crippen LogP contribution in [0, 0.1) is 5.92 Å². The van der Waals surface area contributed by atoms with Crippen molar-refractivity contribution in [2.75, 3.05) is 19.3 Å². The van der Waals surface area contributed by atoms with Gasteiger partial charge in [0.2, 0.25) is 0 Å². The van der Waals surface area contributed by atoms with Crippen LogP contribution < -0.4 is 0 Å². The fourth-order valence-electron chi connectivity index (χ4n) is 3.31. The lowest BCUT2D eigenvalue weighted by atomic mass is 9.89. The van der Waals surface area contributed by atoms with Crippen LogP contribution in [0.4, 0.5) is 0 Å². The van der Waals surface area contributed by atoms with Crippen LogP contribution in [-0.4, -0.2) is 35.2 Å². The van der Waals surface area contributed by atoms with E-state index >= 15 is 0 Å². The highest BCUT2D eigenvalue weighted by atomic mass is 31.0. The average molecular weight is 333 g/mol. The number of allylic oxidation sites excluding steroid dienone is 5. The molecule has 1 N–H and O–H groups in total. The maximum absolute atomic E-state index is 10.9. The molecule has 0 aromatic carbocycles. The largest absolute Gasteiger partial charge is 0.478 e. The molecule has 1 saturated carbocycles. The smallest absolute Gasteiger partial charge is 0.328 e. The van der Waals surface area contributed by atoms with Crippen molar-refractivity contribution >= 4 is 15.2 Å². The number of hydrogen-bond acceptors (Lipinski definition) is 2. The summed E-state index contributed by atoms with van der Waals surface area (Å²) < 4.78 is 0. The summed E-state index contributed by atoms with van der Waals surface area (Å²) in [7, 11) is 2.77. The number of carboxylic acids is 1. The Morgan fingerprint density at radius 1 is 1.30 bits per heavy atom. The number of aliphatic carboxylic acids is 1. The zero-order chi connectivity index (χ0) is 16.5. The summed E-state index contributed by atoms with van der Waals surface area (Å²) in [5, 5.41) is 8.95. The Hall–Kier alpha value is -1.34. The van der Waals surface area contributed by atoms with E-state index in [-0.39, 0.29) is 0 Å². The van der Waals surface area contributed by atoms with Crippen molar-refractivity contribution in [3.05, 3.63) is 47.7 Å². The second-order valence-electron chi connectivity index (χ2n) is 6.33. The van der Waals surface area contributed by atoms with E-state index in [1.807, 2.05) is 0 Å². The molecule has 2 rings (SSSR count). The number of nitrogens with zero attached hydrogens (tertiary/aromatic N) is 1. The topological polar surface area (TPSA) is 40.5 Å². The van der Waals surface area contributed by atoms with Crippen LogP contribution in [0.2, 0.25) is 0 Å². The van der Waals surface area contributed by atoms with E-state index in [1.165, 1.54) is 43.8 Å².